The van der Waals surface area contributed by atoms with Crippen LogP contribution in [-0.4, -0.2) is 32.7 Å². The van der Waals surface area contributed by atoms with Gasteiger partial charge in [-0.2, -0.15) is 0 Å². The summed E-state index contributed by atoms with van der Waals surface area (Å²) in [5.41, 5.74) is 0.978. The highest BCUT2D eigenvalue weighted by molar-refractivity contribution is 8.13. The molecular weight excluding hydrogens is 368 g/mol. The third kappa shape index (κ3) is 4.66. The van der Waals surface area contributed by atoms with Gasteiger partial charge in [0.05, 0.1) is 4.90 Å². The highest BCUT2D eigenvalue weighted by Gasteiger charge is 2.18. The lowest BCUT2D eigenvalue weighted by atomic mass is 10.2. The first-order valence-electron chi connectivity index (χ1n) is 6.97. The van der Waals surface area contributed by atoms with Crippen molar-refractivity contribution in [3.8, 4) is 0 Å². The molecule has 0 heterocycles. The predicted octanol–water partition coefficient (Wildman–Crippen LogP) is 4.22. The second-order valence-corrected chi connectivity index (χ2v) is 8.42. The van der Waals surface area contributed by atoms with Gasteiger partial charge in [-0.1, -0.05) is 23.7 Å². The van der Waals surface area contributed by atoms with Gasteiger partial charge in [0.1, 0.15) is 0 Å². The number of hydrogen-bond acceptors (Lipinski definition) is 4. The number of nitrogens with zero attached hydrogens (tertiary/aromatic N) is 1. The number of halogens is 1. The average Bonchev–Trinajstić information content (AvgIpc) is 2.49. The highest BCUT2D eigenvalue weighted by Crippen LogP contribution is 2.26. The summed E-state index contributed by atoms with van der Waals surface area (Å²) in [6, 6.07) is 11.4. The van der Waals surface area contributed by atoms with Crippen molar-refractivity contribution in [2.24, 2.45) is 0 Å². The molecule has 2 rings (SSSR count). The number of benzene rings is 2. The zero-order valence-electron chi connectivity index (χ0n) is 13.4. The molecule has 0 aliphatic carbocycles. The number of rotatable bonds is 4. The molecule has 5 nitrogen and oxygen atoms in total. The molecule has 0 saturated heterocycles. The highest BCUT2D eigenvalue weighted by atomic mass is 35.5. The van der Waals surface area contributed by atoms with Gasteiger partial charge in [-0.05, 0) is 54.6 Å². The van der Waals surface area contributed by atoms with Crippen molar-refractivity contribution in [3.63, 3.8) is 0 Å². The van der Waals surface area contributed by atoms with Gasteiger partial charge in [-0.25, -0.2) is 8.42 Å². The van der Waals surface area contributed by atoms with E-state index in [1.807, 2.05) is 0 Å². The Hall–Kier alpha value is -1.70. The van der Waals surface area contributed by atoms with Crippen LogP contribution in [0.3, 0.4) is 0 Å². The van der Waals surface area contributed by atoms with Crippen molar-refractivity contribution in [1.82, 2.24) is 4.90 Å². The number of nitrogens with one attached hydrogen (secondary N) is 1. The maximum Gasteiger partial charge on any atom is 0.285 e. The number of carbonyl (C=O) groups is 1. The fourth-order valence-corrected chi connectivity index (χ4v) is 4.16. The monoisotopic (exact) mass is 384 g/mol. The van der Waals surface area contributed by atoms with E-state index in [0.717, 1.165) is 11.8 Å². The Balaban J connectivity index is 2.27. The molecule has 2 aromatic rings. The van der Waals surface area contributed by atoms with Crippen LogP contribution < -0.4 is 4.72 Å². The number of anilines is 1. The van der Waals surface area contributed by atoms with Crippen LogP contribution in [0.4, 0.5) is 10.5 Å². The van der Waals surface area contributed by atoms with E-state index in [0.29, 0.717) is 21.2 Å². The van der Waals surface area contributed by atoms with E-state index in [1.54, 1.807) is 57.4 Å². The minimum absolute atomic E-state index is 0.123. The Kier molecular flexibility index (Phi) is 5.79. The Morgan fingerprint density at radius 1 is 1.17 bits per heavy atom. The fraction of sp³-hybridized carbons (Fsp3) is 0.188. The largest absolute Gasteiger partial charge is 0.339 e. The van der Waals surface area contributed by atoms with Crippen LogP contribution >= 0.6 is 23.4 Å². The second-order valence-electron chi connectivity index (χ2n) is 5.31. The van der Waals surface area contributed by atoms with Gasteiger partial charge < -0.3 is 4.90 Å². The van der Waals surface area contributed by atoms with E-state index in [2.05, 4.69) is 4.72 Å². The zero-order valence-corrected chi connectivity index (χ0v) is 15.8. The third-order valence-electron chi connectivity index (χ3n) is 3.10. The van der Waals surface area contributed by atoms with E-state index in [1.165, 1.54) is 11.0 Å². The summed E-state index contributed by atoms with van der Waals surface area (Å²) in [5, 5.41) is 0.211. The molecule has 0 bridgehead atoms. The van der Waals surface area contributed by atoms with E-state index >= 15 is 0 Å². The van der Waals surface area contributed by atoms with E-state index in [4.69, 9.17) is 11.6 Å². The first-order valence-corrected chi connectivity index (χ1v) is 9.65. The molecular formula is C16H17ClN2O3S2. The van der Waals surface area contributed by atoms with E-state index < -0.39 is 10.0 Å². The van der Waals surface area contributed by atoms with Crippen molar-refractivity contribution in [3.05, 3.63) is 53.1 Å². The number of thioether (sulfide) groups is 1. The normalized spacial score (nSPS) is 11.2. The summed E-state index contributed by atoms with van der Waals surface area (Å²) >= 11 is 6.92. The minimum Gasteiger partial charge on any atom is -0.339 e. The Labute approximate surface area is 151 Å². The molecule has 2 aromatic carbocycles. The lowest BCUT2D eigenvalue weighted by Crippen LogP contribution is -2.16. The Morgan fingerprint density at radius 2 is 1.88 bits per heavy atom. The molecule has 0 aliphatic rings. The molecule has 0 fully saturated rings. The summed E-state index contributed by atoms with van der Waals surface area (Å²) < 4.78 is 27.7. The average molecular weight is 385 g/mol. The molecule has 1 N–H and O–H groups in total. The first-order chi connectivity index (χ1) is 11.2. The standard InChI is InChI=1S/C16H17ClN2O3S2/c1-11-7-8-12(17)9-15(11)24(21,22)18-13-5-4-6-14(10-13)23-16(20)19(2)3/h4-10,18H,1-3H3. The van der Waals surface area contributed by atoms with Gasteiger partial charge in [0.2, 0.25) is 0 Å². The molecule has 0 atom stereocenters. The molecule has 1 amide bonds. The third-order valence-corrected chi connectivity index (χ3v) is 5.88. The molecule has 0 radical (unpaired) electrons. The van der Waals surface area contributed by atoms with Gasteiger partial charge in [0.25, 0.3) is 15.3 Å². The van der Waals surface area contributed by atoms with E-state index in [9.17, 15) is 13.2 Å². The van der Waals surface area contributed by atoms with Crippen molar-refractivity contribution < 1.29 is 13.2 Å². The van der Waals surface area contributed by atoms with Gasteiger partial charge >= 0.3 is 0 Å². The van der Waals surface area contributed by atoms with Gasteiger partial charge in [0, 0.05) is 29.7 Å². The van der Waals surface area contributed by atoms with Crippen LogP contribution in [0.1, 0.15) is 5.56 Å². The van der Waals surface area contributed by atoms with Gasteiger partial charge in [-0.3, -0.25) is 9.52 Å². The van der Waals surface area contributed by atoms with Crippen molar-refractivity contribution >= 4 is 44.3 Å². The molecule has 8 heteroatoms. The molecule has 0 saturated carbocycles. The SMILES string of the molecule is Cc1ccc(Cl)cc1S(=O)(=O)Nc1cccc(SC(=O)N(C)C)c1. The summed E-state index contributed by atoms with van der Waals surface area (Å²) in [6.07, 6.45) is 0. The van der Waals surface area contributed by atoms with Crippen LogP contribution in [-0.2, 0) is 10.0 Å². The van der Waals surface area contributed by atoms with Gasteiger partial charge in [-0.15, -0.1) is 0 Å². The summed E-state index contributed by atoms with van der Waals surface area (Å²) in [4.78, 5) is 14.0. The van der Waals surface area contributed by atoms with Crippen LogP contribution in [0.25, 0.3) is 0 Å². The fourth-order valence-electron chi connectivity index (χ4n) is 1.89. The van der Waals surface area contributed by atoms with Crippen molar-refractivity contribution in [2.75, 3.05) is 18.8 Å². The lowest BCUT2D eigenvalue weighted by molar-refractivity contribution is 0.241. The van der Waals surface area contributed by atoms with Crippen molar-refractivity contribution in [1.29, 1.82) is 0 Å². The first kappa shape index (κ1) is 18.6. The van der Waals surface area contributed by atoms with Crippen LogP contribution in [0.2, 0.25) is 5.02 Å². The van der Waals surface area contributed by atoms with E-state index in [-0.39, 0.29) is 10.1 Å². The quantitative estimate of drug-likeness (QED) is 0.801. The number of aryl methyl sites for hydroxylation is 1. The number of amides is 1. The molecule has 0 aromatic heterocycles. The number of hydrogen-bond donors (Lipinski definition) is 1. The topological polar surface area (TPSA) is 66.5 Å². The summed E-state index contributed by atoms with van der Waals surface area (Å²) in [7, 11) is -0.454. The van der Waals surface area contributed by atoms with Crippen LogP contribution in [0, 0.1) is 6.92 Å². The minimum atomic E-state index is -3.77. The Morgan fingerprint density at radius 3 is 2.54 bits per heavy atom. The van der Waals surface area contributed by atoms with Gasteiger partial charge in [0.15, 0.2) is 0 Å². The molecule has 0 unspecified atom stereocenters. The van der Waals surface area contributed by atoms with Crippen LogP contribution in [0.5, 0.6) is 0 Å². The smallest absolute Gasteiger partial charge is 0.285 e. The maximum atomic E-state index is 12.6. The maximum absolute atomic E-state index is 12.6. The van der Waals surface area contributed by atoms with Crippen molar-refractivity contribution in [2.45, 2.75) is 16.7 Å². The zero-order chi connectivity index (χ0) is 17.9. The summed E-state index contributed by atoms with van der Waals surface area (Å²) in [6.45, 7) is 1.70. The molecule has 0 aliphatic heterocycles. The molecule has 0 spiro atoms. The lowest BCUT2D eigenvalue weighted by Gasteiger charge is -2.12. The predicted molar refractivity (Wildman–Crippen MR) is 98.4 cm³/mol. The molecule has 24 heavy (non-hydrogen) atoms. The number of carbonyl (C=O) groups excluding carboxylic acids is 1. The van der Waals surface area contributed by atoms with Crippen LogP contribution in [0.15, 0.2) is 52.3 Å². The second kappa shape index (κ2) is 7.46. The number of sulfonamides is 1. The summed E-state index contributed by atoms with van der Waals surface area (Å²) in [5.74, 6) is 0. The molecule has 128 valence electrons. The Bertz CT molecular complexity index is 867.